The van der Waals surface area contributed by atoms with Gasteiger partial charge >= 0.3 is 6.09 Å². The highest BCUT2D eigenvalue weighted by molar-refractivity contribution is 5.85. The monoisotopic (exact) mass is 297 g/mol. The number of benzene rings is 2. The van der Waals surface area contributed by atoms with Crippen molar-refractivity contribution in [2.45, 2.75) is 32.2 Å². The molecular formula is C18H19NO3. The molecule has 1 aliphatic heterocycles. The third-order valence-corrected chi connectivity index (χ3v) is 3.70. The van der Waals surface area contributed by atoms with Gasteiger partial charge in [0.1, 0.15) is 12.7 Å². The molecule has 3 rings (SSSR count). The summed E-state index contributed by atoms with van der Waals surface area (Å²) in [6.45, 7) is 2.35. The molecule has 4 heteroatoms. The van der Waals surface area contributed by atoms with E-state index in [1.54, 1.807) is 0 Å². The van der Waals surface area contributed by atoms with Gasteiger partial charge in [-0.1, -0.05) is 55.5 Å². The van der Waals surface area contributed by atoms with Gasteiger partial charge in [-0.25, -0.2) is 4.79 Å². The standard InChI is InChI=1S/C18H19NO3/c1-2-16-17(22-16)14-10-6-7-11-15(14)19-18(20)21-12-13-8-4-3-5-9-13/h3-11,16-17H,2,12H2,1H3,(H,19,20). The molecule has 0 aliphatic carbocycles. The summed E-state index contributed by atoms with van der Waals surface area (Å²) in [6, 6.07) is 17.3. The van der Waals surface area contributed by atoms with Crippen LogP contribution in [0, 0.1) is 0 Å². The number of rotatable bonds is 5. The number of para-hydroxylation sites is 1. The van der Waals surface area contributed by atoms with Crippen molar-refractivity contribution in [3.63, 3.8) is 0 Å². The molecule has 1 heterocycles. The normalized spacial score (nSPS) is 19.5. The van der Waals surface area contributed by atoms with Crippen molar-refractivity contribution >= 4 is 11.8 Å². The van der Waals surface area contributed by atoms with Gasteiger partial charge in [-0.05, 0) is 18.1 Å². The summed E-state index contributed by atoms with van der Waals surface area (Å²) in [7, 11) is 0. The summed E-state index contributed by atoms with van der Waals surface area (Å²) >= 11 is 0. The molecule has 4 nitrogen and oxygen atoms in total. The van der Waals surface area contributed by atoms with E-state index >= 15 is 0 Å². The van der Waals surface area contributed by atoms with Crippen LogP contribution in [0.3, 0.4) is 0 Å². The van der Waals surface area contributed by atoms with Crippen LogP contribution in [0.15, 0.2) is 54.6 Å². The predicted octanol–water partition coefficient (Wildman–Crippen LogP) is 4.29. The summed E-state index contributed by atoms with van der Waals surface area (Å²) in [5.74, 6) is 0. The molecule has 0 radical (unpaired) electrons. The van der Waals surface area contributed by atoms with Crippen LogP contribution in [0.5, 0.6) is 0 Å². The lowest BCUT2D eigenvalue weighted by molar-refractivity contribution is 0.155. The molecule has 0 saturated carbocycles. The first-order chi connectivity index (χ1) is 10.8. The van der Waals surface area contributed by atoms with Gasteiger partial charge in [-0.2, -0.15) is 0 Å². The molecule has 114 valence electrons. The molecule has 1 amide bonds. The lowest BCUT2D eigenvalue weighted by Crippen LogP contribution is -2.14. The first kappa shape index (κ1) is 14.6. The Kier molecular flexibility index (Phi) is 4.39. The quantitative estimate of drug-likeness (QED) is 0.838. The van der Waals surface area contributed by atoms with Crippen LogP contribution >= 0.6 is 0 Å². The number of hydrogen-bond donors (Lipinski definition) is 1. The molecule has 1 N–H and O–H groups in total. The summed E-state index contributed by atoms with van der Waals surface area (Å²) in [5, 5.41) is 2.81. The smallest absolute Gasteiger partial charge is 0.411 e. The van der Waals surface area contributed by atoms with Gasteiger partial charge in [-0.3, -0.25) is 5.32 Å². The molecule has 0 spiro atoms. The van der Waals surface area contributed by atoms with Gasteiger partial charge in [-0.15, -0.1) is 0 Å². The van der Waals surface area contributed by atoms with Crippen molar-refractivity contribution < 1.29 is 14.3 Å². The van der Waals surface area contributed by atoms with Crippen LogP contribution in [0.4, 0.5) is 10.5 Å². The first-order valence-electron chi connectivity index (χ1n) is 7.50. The van der Waals surface area contributed by atoms with Gasteiger partial charge in [0.25, 0.3) is 0 Å². The van der Waals surface area contributed by atoms with Crippen molar-refractivity contribution in [1.29, 1.82) is 0 Å². The second kappa shape index (κ2) is 6.62. The van der Waals surface area contributed by atoms with E-state index < -0.39 is 6.09 Å². The fourth-order valence-electron chi connectivity index (χ4n) is 2.45. The predicted molar refractivity (Wildman–Crippen MR) is 84.6 cm³/mol. The summed E-state index contributed by atoms with van der Waals surface area (Å²) < 4.78 is 10.9. The van der Waals surface area contributed by atoms with Crippen molar-refractivity contribution in [2.75, 3.05) is 5.32 Å². The maximum Gasteiger partial charge on any atom is 0.411 e. The number of epoxide rings is 1. The second-order valence-corrected chi connectivity index (χ2v) is 5.28. The summed E-state index contributed by atoms with van der Waals surface area (Å²) in [4.78, 5) is 12.0. The SMILES string of the molecule is CCC1OC1c1ccccc1NC(=O)OCc1ccccc1. The van der Waals surface area contributed by atoms with Gasteiger partial charge in [0.15, 0.2) is 0 Å². The minimum Gasteiger partial charge on any atom is -0.444 e. The lowest BCUT2D eigenvalue weighted by atomic mass is 10.1. The number of carbonyl (C=O) groups is 1. The minimum atomic E-state index is -0.454. The van der Waals surface area contributed by atoms with E-state index in [1.807, 2.05) is 54.6 Å². The number of carbonyl (C=O) groups excluding carboxylic acids is 1. The number of ether oxygens (including phenoxy) is 2. The van der Waals surface area contributed by atoms with Gasteiger partial charge in [0, 0.05) is 11.3 Å². The lowest BCUT2D eigenvalue weighted by Gasteiger charge is -2.10. The van der Waals surface area contributed by atoms with Crippen molar-refractivity contribution in [2.24, 2.45) is 0 Å². The molecule has 2 unspecified atom stereocenters. The largest absolute Gasteiger partial charge is 0.444 e. The van der Waals surface area contributed by atoms with Crippen molar-refractivity contribution in [1.82, 2.24) is 0 Å². The third kappa shape index (κ3) is 3.46. The average Bonchev–Trinajstić information content (AvgIpc) is 3.34. The van der Waals surface area contributed by atoms with Crippen LogP contribution in [-0.4, -0.2) is 12.2 Å². The highest BCUT2D eigenvalue weighted by Crippen LogP contribution is 2.43. The molecule has 2 atom stereocenters. The Morgan fingerprint density at radius 2 is 1.86 bits per heavy atom. The highest BCUT2D eigenvalue weighted by atomic mass is 16.6. The van der Waals surface area contributed by atoms with E-state index in [-0.39, 0.29) is 18.8 Å². The number of nitrogens with one attached hydrogen (secondary N) is 1. The van der Waals surface area contributed by atoms with Crippen LogP contribution in [-0.2, 0) is 16.1 Å². The van der Waals surface area contributed by atoms with E-state index in [9.17, 15) is 4.79 Å². The van der Waals surface area contributed by atoms with E-state index in [2.05, 4.69) is 12.2 Å². The maximum atomic E-state index is 12.0. The zero-order valence-electron chi connectivity index (χ0n) is 12.5. The van der Waals surface area contributed by atoms with E-state index in [0.29, 0.717) is 0 Å². The molecular weight excluding hydrogens is 278 g/mol. The minimum absolute atomic E-state index is 0.0793. The molecule has 0 aromatic heterocycles. The first-order valence-corrected chi connectivity index (χ1v) is 7.50. The van der Waals surface area contributed by atoms with Gasteiger partial charge in [0.05, 0.1) is 6.10 Å². The zero-order chi connectivity index (χ0) is 15.4. The fraction of sp³-hybridized carbons (Fsp3) is 0.278. The van der Waals surface area contributed by atoms with E-state index in [4.69, 9.17) is 9.47 Å². The average molecular weight is 297 g/mol. The molecule has 1 aliphatic rings. The second-order valence-electron chi connectivity index (χ2n) is 5.28. The summed E-state index contributed by atoms with van der Waals surface area (Å²) in [5.41, 5.74) is 2.72. The Morgan fingerprint density at radius 3 is 2.59 bits per heavy atom. The number of amides is 1. The molecule has 0 bridgehead atoms. The Labute approximate surface area is 130 Å². The van der Waals surface area contributed by atoms with Crippen molar-refractivity contribution in [3.05, 3.63) is 65.7 Å². The van der Waals surface area contributed by atoms with Gasteiger partial charge in [0.2, 0.25) is 0 Å². The Bertz CT molecular complexity index is 642. The maximum absolute atomic E-state index is 12.0. The highest BCUT2D eigenvalue weighted by Gasteiger charge is 2.39. The Balaban J connectivity index is 1.60. The van der Waals surface area contributed by atoms with Crippen molar-refractivity contribution in [3.8, 4) is 0 Å². The van der Waals surface area contributed by atoms with Crippen LogP contribution < -0.4 is 5.32 Å². The number of anilines is 1. The molecule has 2 aromatic carbocycles. The zero-order valence-corrected chi connectivity index (χ0v) is 12.5. The summed E-state index contributed by atoms with van der Waals surface area (Å²) in [6.07, 6.45) is 0.848. The van der Waals surface area contributed by atoms with Crippen LogP contribution in [0.25, 0.3) is 0 Å². The molecule has 22 heavy (non-hydrogen) atoms. The molecule has 1 saturated heterocycles. The fourth-order valence-corrected chi connectivity index (χ4v) is 2.45. The van der Waals surface area contributed by atoms with Gasteiger partial charge < -0.3 is 9.47 Å². The Morgan fingerprint density at radius 1 is 1.14 bits per heavy atom. The Hall–Kier alpha value is -2.33. The van der Waals surface area contributed by atoms with Crippen LogP contribution in [0.2, 0.25) is 0 Å². The van der Waals surface area contributed by atoms with E-state index in [1.165, 1.54) is 0 Å². The molecule has 1 fully saturated rings. The number of hydrogen-bond acceptors (Lipinski definition) is 3. The topological polar surface area (TPSA) is 50.9 Å². The third-order valence-electron chi connectivity index (χ3n) is 3.70. The van der Waals surface area contributed by atoms with E-state index in [0.717, 1.165) is 23.2 Å². The van der Waals surface area contributed by atoms with Crippen LogP contribution in [0.1, 0.15) is 30.6 Å². The molecule has 2 aromatic rings.